The van der Waals surface area contributed by atoms with E-state index in [1.165, 1.54) is 5.56 Å². The van der Waals surface area contributed by atoms with E-state index in [0.29, 0.717) is 13.2 Å². The maximum Gasteiger partial charge on any atom is 0.122 e. The van der Waals surface area contributed by atoms with Gasteiger partial charge >= 0.3 is 0 Å². The Bertz CT molecular complexity index is 650. The second-order valence-corrected chi connectivity index (χ2v) is 4.72. The summed E-state index contributed by atoms with van der Waals surface area (Å²) in [5.74, 6) is 6.88. The molecule has 20 heavy (non-hydrogen) atoms. The van der Waals surface area contributed by atoms with Gasteiger partial charge in [0.05, 0.1) is 6.54 Å². The molecule has 2 rings (SSSR count). The number of nitrogens with two attached hydrogens (primary N) is 1. The summed E-state index contributed by atoms with van der Waals surface area (Å²) in [7, 11) is 0. The third kappa shape index (κ3) is 3.63. The summed E-state index contributed by atoms with van der Waals surface area (Å²) in [5, 5.41) is 0. The van der Waals surface area contributed by atoms with Crippen molar-refractivity contribution in [1.29, 1.82) is 0 Å². The quantitative estimate of drug-likeness (QED) is 0.865. The van der Waals surface area contributed by atoms with E-state index in [2.05, 4.69) is 37.8 Å². The highest BCUT2D eigenvalue weighted by Crippen LogP contribution is 2.20. The molecule has 2 nitrogen and oxygen atoms in total. The van der Waals surface area contributed by atoms with Crippen LogP contribution in [0.15, 0.2) is 42.5 Å². The van der Waals surface area contributed by atoms with Crippen LogP contribution >= 0.6 is 0 Å². The van der Waals surface area contributed by atoms with Crippen LogP contribution in [0.4, 0.5) is 0 Å². The van der Waals surface area contributed by atoms with Gasteiger partial charge in [-0.15, -0.1) is 0 Å². The standard InChI is InChI=1S/C18H19NO/c1-14-9-10-18(15(2)12-14)20-13-17-7-4-3-6-16(17)8-5-11-19/h3-4,6-7,9-10,12H,11,13,19H2,1-2H3. The summed E-state index contributed by atoms with van der Waals surface area (Å²) in [6.45, 7) is 5.02. The summed E-state index contributed by atoms with van der Waals surface area (Å²) in [6, 6.07) is 14.2. The molecule has 0 saturated carbocycles. The van der Waals surface area contributed by atoms with Gasteiger partial charge < -0.3 is 10.5 Å². The second-order valence-electron chi connectivity index (χ2n) is 4.72. The third-order valence-corrected chi connectivity index (χ3v) is 3.06. The zero-order chi connectivity index (χ0) is 14.4. The minimum Gasteiger partial charge on any atom is -0.489 e. The van der Waals surface area contributed by atoms with Crippen molar-refractivity contribution < 1.29 is 4.74 Å². The van der Waals surface area contributed by atoms with E-state index in [0.717, 1.165) is 22.4 Å². The number of hydrogen-bond acceptors (Lipinski definition) is 2. The SMILES string of the molecule is Cc1ccc(OCc2ccccc2C#CCN)c(C)c1. The van der Waals surface area contributed by atoms with E-state index >= 15 is 0 Å². The van der Waals surface area contributed by atoms with Crippen LogP contribution in [0.3, 0.4) is 0 Å². The Morgan fingerprint density at radius 2 is 1.90 bits per heavy atom. The van der Waals surface area contributed by atoms with E-state index in [1.54, 1.807) is 0 Å². The lowest BCUT2D eigenvalue weighted by Crippen LogP contribution is -2.00. The third-order valence-electron chi connectivity index (χ3n) is 3.06. The predicted octanol–water partition coefficient (Wildman–Crippen LogP) is 3.19. The van der Waals surface area contributed by atoms with Crippen molar-refractivity contribution in [2.24, 2.45) is 5.73 Å². The Labute approximate surface area is 120 Å². The molecular weight excluding hydrogens is 246 g/mol. The summed E-state index contributed by atoms with van der Waals surface area (Å²) in [6.07, 6.45) is 0. The molecule has 2 heteroatoms. The van der Waals surface area contributed by atoms with Crippen LogP contribution in [0.5, 0.6) is 5.75 Å². The molecule has 2 aromatic carbocycles. The first-order chi connectivity index (χ1) is 9.70. The van der Waals surface area contributed by atoms with Gasteiger partial charge in [-0.1, -0.05) is 47.7 Å². The van der Waals surface area contributed by atoms with Gasteiger partial charge in [-0.3, -0.25) is 0 Å². The maximum absolute atomic E-state index is 5.90. The van der Waals surface area contributed by atoms with E-state index in [1.807, 2.05) is 30.3 Å². The van der Waals surface area contributed by atoms with Crippen LogP contribution in [0, 0.1) is 25.7 Å². The Kier molecular flexibility index (Phi) is 4.81. The van der Waals surface area contributed by atoms with Gasteiger partial charge in [0.25, 0.3) is 0 Å². The van der Waals surface area contributed by atoms with Crippen LogP contribution in [-0.2, 0) is 6.61 Å². The number of ether oxygens (including phenoxy) is 1. The summed E-state index contributed by atoms with van der Waals surface area (Å²) in [4.78, 5) is 0. The molecule has 0 heterocycles. The van der Waals surface area contributed by atoms with E-state index < -0.39 is 0 Å². The van der Waals surface area contributed by atoms with Gasteiger partial charge in [0.1, 0.15) is 12.4 Å². The van der Waals surface area contributed by atoms with Crippen molar-refractivity contribution in [3.8, 4) is 17.6 Å². The molecule has 0 unspecified atom stereocenters. The van der Waals surface area contributed by atoms with Gasteiger partial charge in [-0.2, -0.15) is 0 Å². The Morgan fingerprint density at radius 3 is 2.65 bits per heavy atom. The highest BCUT2D eigenvalue weighted by Gasteiger charge is 2.03. The summed E-state index contributed by atoms with van der Waals surface area (Å²) >= 11 is 0. The summed E-state index contributed by atoms with van der Waals surface area (Å²) < 4.78 is 5.90. The number of benzene rings is 2. The van der Waals surface area contributed by atoms with Crippen molar-refractivity contribution in [3.63, 3.8) is 0 Å². The average Bonchev–Trinajstić information content (AvgIpc) is 2.45. The number of rotatable bonds is 3. The monoisotopic (exact) mass is 265 g/mol. The molecule has 0 bridgehead atoms. The van der Waals surface area contributed by atoms with Gasteiger partial charge in [-0.05, 0) is 31.5 Å². The predicted molar refractivity (Wildman–Crippen MR) is 82.6 cm³/mol. The minimum absolute atomic E-state index is 0.367. The Morgan fingerprint density at radius 1 is 1.10 bits per heavy atom. The first-order valence-electron chi connectivity index (χ1n) is 6.67. The minimum atomic E-state index is 0.367. The normalized spacial score (nSPS) is 9.75. The van der Waals surface area contributed by atoms with Crippen LogP contribution < -0.4 is 10.5 Å². The molecule has 102 valence electrons. The molecule has 2 aromatic rings. The van der Waals surface area contributed by atoms with Crippen LogP contribution in [0.25, 0.3) is 0 Å². The van der Waals surface area contributed by atoms with Crippen LogP contribution in [-0.4, -0.2) is 6.54 Å². The van der Waals surface area contributed by atoms with E-state index in [-0.39, 0.29) is 0 Å². The molecule has 0 radical (unpaired) electrons. The largest absolute Gasteiger partial charge is 0.489 e. The molecule has 0 aliphatic carbocycles. The molecule has 0 aliphatic rings. The molecule has 0 fully saturated rings. The summed E-state index contributed by atoms with van der Waals surface area (Å²) in [5.41, 5.74) is 9.86. The highest BCUT2D eigenvalue weighted by molar-refractivity contribution is 5.42. The van der Waals surface area contributed by atoms with Gasteiger partial charge in [0.2, 0.25) is 0 Å². The van der Waals surface area contributed by atoms with Crippen LogP contribution in [0.2, 0.25) is 0 Å². The number of hydrogen-bond donors (Lipinski definition) is 1. The number of aryl methyl sites for hydroxylation is 2. The van der Waals surface area contributed by atoms with E-state index in [4.69, 9.17) is 10.5 Å². The Hall–Kier alpha value is -2.24. The average molecular weight is 265 g/mol. The Balaban J connectivity index is 2.14. The van der Waals surface area contributed by atoms with E-state index in [9.17, 15) is 0 Å². The molecule has 0 spiro atoms. The molecule has 2 N–H and O–H groups in total. The molecule has 0 amide bonds. The van der Waals surface area contributed by atoms with Gasteiger partial charge in [-0.25, -0.2) is 0 Å². The lowest BCUT2D eigenvalue weighted by molar-refractivity contribution is 0.304. The first-order valence-corrected chi connectivity index (χ1v) is 6.67. The molecule has 0 atom stereocenters. The van der Waals surface area contributed by atoms with Crippen molar-refractivity contribution >= 4 is 0 Å². The lowest BCUT2D eigenvalue weighted by atomic mass is 10.1. The maximum atomic E-state index is 5.90. The van der Waals surface area contributed by atoms with Crippen LogP contribution in [0.1, 0.15) is 22.3 Å². The van der Waals surface area contributed by atoms with Crippen molar-refractivity contribution in [3.05, 3.63) is 64.7 Å². The molecule has 0 aliphatic heterocycles. The first kappa shape index (κ1) is 14.2. The lowest BCUT2D eigenvalue weighted by Gasteiger charge is -2.11. The van der Waals surface area contributed by atoms with Gasteiger partial charge in [0, 0.05) is 11.1 Å². The fraction of sp³-hybridized carbons (Fsp3) is 0.222. The fourth-order valence-corrected chi connectivity index (χ4v) is 2.03. The van der Waals surface area contributed by atoms with Gasteiger partial charge in [0.15, 0.2) is 0 Å². The van der Waals surface area contributed by atoms with Crippen molar-refractivity contribution in [2.75, 3.05) is 6.54 Å². The highest BCUT2D eigenvalue weighted by atomic mass is 16.5. The molecular formula is C18H19NO. The molecule has 0 saturated heterocycles. The smallest absolute Gasteiger partial charge is 0.122 e. The van der Waals surface area contributed by atoms with Crippen molar-refractivity contribution in [2.45, 2.75) is 20.5 Å². The van der Waals surface area contributed by atoms with Crippen molar-refractivity contribution in [1.82, 2.24) is 0 Å². The second kappa shape index (κ2) is 6.79. The fourth-order valence-electron chi connectivity index (χ4n) is 2.03. The zero-order valence-corrected chi connectivity index (χ0v) is 11.9. The topological polar surface area (TPSA) is 35.2 Å². The molecule has 0 aromatic heterocycles. The zero-order valence-electron chi connectivity index (χ0n) is 11.9.